The van der Waals surface area contributed by atoms with E-state index in [1.54, 1.807) is 12.3 Å². The van der Waals surface area contributed by atoms with Crippen molar-refractivity contribution in [1.82, 2.24) is 25.3 Å². The van der Waals surface area contributed by atoms with E-state index in [2.05, 4.69) is 42.0 Å². The number of amides is 1. The number of hydrogen-bond acceptors (Lipinski definition) is 8. The predicted octanol–water partition coefficient (Wildman–Crippen LogP) is 1.57. The highest BCUT2D eigenvalue weighted by Crippen LogP contribution is 2.30. The lowest BCUT2D eigenvalue weighted by atomic mass is 10.3. The number of aromatic nitrogens is 4. The van der Waals surface area contributed by atoms with Crippen LogP contribution in [0.4, 0.5) is 11.8 Å². The van der Waals surface area contributed by atoms with Crippen molar-refractivity contribution in [1.29, 1.82) is 0 Å². The Bertz CT molecular complexity index is 798. The van der Waals surface area contributed by atoms with Crippen molar-refractivity contribution < 1.29 is 4.79 Å². The van der Waals surface area contributed by atoms with Gasteiger partial charge in [0.15, 0.2) is 5.16 Å². The minimum atomic E-state index is -0.310. The van der Waals surface area contributed by atoms with Crippen molar-refractivity contribution in [3.05, 3.63) is 36.3 Å². The van der Waals surface area contributed by atoms with Gasteiger partial charge in [0.2, 0.25) is 11.9 Å². The molecule has 8 nitrogen and oxygen atoms in total. The van der Waals surface area contributed by atoms with Crippen LogP contribution in [0.3, 0.4) is 0 Å². The quantitative estimate of drug-likeness (QED) is 0.604. The Labute approximate surface area is 156 Å². The Hall–Kier alpha value is -2.52. The lowest BCUT2D eigenvalue weighted by Crippen LogP contribution is -2.44. The van der Waals surface area contributed by atoms with Gasteiger partial charge in [0.05, 0.1) is 16.3 Å². The summed E-state index contributed by atoms with van der Waals surface area (Å²) in [5.74, 6) is 0.885. The molecule has 1 aliphatic heterocycles. The van der Waals surface area contributed by atoms with Gasteiger partial charge in [-0.25, -0.2) is 19.9 Å². The number of nitrogens with zero attached hydrogens (tertiary/aromatic N) is 5. The number of piperazine rings is 1. The van der Waals surface area contributed by atoms with E-state index in [1.165, 1.54) is 17.8 Å². The molecule has 2 aromatic rings. The number of nitrogens with one attached hydrogen (secondary N) is 2. The van der Waals surface area contributed by atoms with Gasteiger partial charge in [0.25, 0.3) is 0 Å². The maximum atomic E-state index is 11.4. The van der Waals surface area contributed by atoms with E-state index >= 15 is 0 Å². The maximum Gasteiger partial charge on any atom is 0.248 e. The van der Waals surface area contributed by atoms with Crippen LogP contribution in [0.25, 0.3) is 0 Å². The fourth-order valence-electron chi connectivity index (χ4n) is 2.57. The zero-order valence-corrected chi connectivity index (χ0v) is 15.6. The molecule has 0 radical (unpaired) electrons. The van der Waals surface area contributed by atoms with Gasteiger partial charge in [0, 0.05) is 32.4 Å². The Morgan fingerprint density at radius 1 is 1.27 bits per heavy atom. The number of carbonyl (C=O) groups excluding carboxylic acids is 1. The number of anilines is 2. The highest BCUT2D eigenvalue weighted by Gasteiger charge is 2.17. The summed E-state index contributed by atoms with van der Waals surface area (Å²) < 4.78 is 0. The third-order valence-corrected chi connectivity index (χ3v) is 5.03. The number of rotatable bonds is 5. The molecule has 3 rings (SSSR count). The van der Waals surface area contributed by atoms with Crippen LogP contribution in [0.5, 0.6) is 0 Å². The molecule has 0 aromatic carbocycles. The Balaban J connectivity index is 1.80. The molecule has 1 aliphatic rings. The third-order valence-electron chi connectivity index (χ3n) is 3.86. The highest BCUT2D eigenvalue weighted by molar-refractivity contribution is 7.99. The molecule has 1 saturated heterocycles. The molecule has 3 heterocycles. The van der Waals surface area contributed by atoms with Crippen LogP contribution >= 0.6 is 11.8 Å². The van der Waals surface area contributed by atoms with E-state index < -0.39 is 0 Å². The van der Waals surface area contributed by atoms with Gasteiger partial charge in [-0.05, 0) is 37.8 Å². The van der Waals surface area contributed by atoms with Crippen molar-refractivity contribution in [3.63, 3.8) is 0 Å². The van der Waals surface area contributed by atoms with Gasteiger partial charge >= 0.3 is 0 Å². The molecule has 0 aliphatic carbocycles. The Morgan fingerprint density at radius 3 is 2.62 bits per heavy atom. The van der Waals surface area contributed by atoms with Gasteiger partial charge < -0.3 is 15.5 Å². The molecular weight excluding hydrogens is 350 g/mol. The van der Waals surface area contributed by atoms with Crippen LogP contribution < -0.4 is 15.5 Å². The lowest BCUT2D eigenvalue weighted by Gasteiger charge is -2.28. The van der Waals surface area contributed by atoms with Crippen molar-refractivity contribution in [3.8, 4) is 0 Å². The van der Waals surface area contributed by atoms with Gasteiger partial charge in [-0.2, -0.15) is 0 Å². The van der Waals surface area contributed by atoms with E-state index in [0.29, 0.717) is 11.0 Å². The van der Waals surface area contributed by atoms with Gasteiger partial charge in [-0.15, -0.1) is 0 Å². The normalized spacial score (nSPS) is 14.2. The Kier molecular flexibility index (Phi) is 5.79. The lowest BCUT2D eigenvalue weighted by molar-refractivity contribution is -0.111. The molecule has 2 aromatic heterocycles. The average molecular weight is 371 g/mol. The molecule has 0 saturated carbocycles. The summed E-state index contributed by atoms with van der Waals surface area (Å²) in [7, 11) is 0. The topological polar surface area (TPSA) is 95.9 Å². The molecule has 0 spiro atoms. The zero-order valence-electron chi connectivity index (χ0n) is 14.8. The second-order valence-electron chi connectivity index (χ2n) is 5.78. The molecule has 0 unspecified atom stereocenters. The second kappa shape index (κ2) is 8.24. The van der Waals surface area contributed by atoms with Crippen molar-refractivity contribution in [2.45, 2.75) is 23.9 Å². The van der Waals surface area contributed by atoms with E-state index in [9.17, 15) is 4.79 Å². The summed E-state index contributed by atoms with van der Waals surface area (Å²) >= 11 is 1.39. The number of hydrogen-bond donors (Lipinski definition) is 2. The van der Waals surface area contributed by atoms with E-state index in [1.807, 2.05) is 13.8 Å². The molecule has 136 valence electrons. The first-order chi connectivity index (χ1) is 12.6. The monoisotopic (exact) mass is 371 g/mol. The number of aryl methyl sites for hydroxylation is 2. The number of carbonyl (C=O) groups is 1. The van der Waals surface area contributed by atoms with Crippen LogP contribution in [0, 0.1) is 13.8 Å². The Morgan fingerprint density at radius 2 is 1.96 bits per heavy atom. The molecule has 1 amide bonds. The summed E-state index contributed by atoms with van der Waals surface area (Å²) in [5, 5.41) is 6.49. The smallest absolute Gasteiger partial charge is 0.248 e. The molecular formula is C17H21N7OS. The van der Waals surface area contributed by atoms with Crippen LogP contribution in [0.1, 0.15) is 11.4 Å². The average Bonchev–Trinajstić information content (AvgIpc) is 2.65. The summed E-state index contributed by atoms with van der Waals surface area (Å²) in [6.45, 7) is 11.0. The van der Waals surface area contributed by atoms with Crippen LogP contribution in [0.15, 0.2) is 35.0 Å². The second-order valence-corrected chi connectivity index (χ2v) is 6.76. The maximum absolute atomic E-state index is 11.4. The van der Waals surface area contributed by atoms with Crippen molar-refractivity contribution in [2.24, 2.45) is 0 Å². The predicted molar refractivity (Wildman–Crippen MR) is 102 cm³/mol. The largest absolute Gasteiger partial charge is 0.338 e. The minimum Gasteiger partial charge on any atom is -0.338 e. The molecule has 9 heteroatoms. The van der Waals surface area contributed by atoms with Crippen LogP contribution in [-0.4, -0.2) is 52.0 Å². The van der Waals surface area contributed by atoms with Crippen molar-refractivity contribution in [2.75, 3.05) is 36.4 Å². The minimum absolute atomic E-state index is 0.310. The van der Waals surface area contributed by atoms with E-state index in [-0.39, 0.29) is 5.91 Å². The summed E-state index contributed by atoms with van der Waals surface area (Å²) in [5.41, 5.74) is 1.78. The standard InChI is InChI=1S/C17H21N7OS/c1-4-14(25)22-13-5-6-19-17(23-13)26-15-11(2)20-16(21-12(15)3)24-9-7-18-8-10-24/h4-6,18H,1,7-10H2,2-3H3,(H,19,22,23,25). The molecule has 26 heavy (non-hydrogen) atoms. The molecule has 0 atom stereocenters. The zero-order chi connectivity index (χ0) is 18.5. The van der Waals surface area contributed by atoms with E-state index in [0.717, 1.165) is 48.4 Å². The molecule has 0 bridgehead atoms. The fraction of sp³-hybridized carbons (Fsp3) is 0.353. The molecule has 1 fully saturated rings. The fourth-order valence-corrected chi connectivity index (χ4v) is 3.40. The molecule has 2 N–H and O–H groups in total. The first-order valence-corrected chi connectivity index (χ1v) is 9.13. The SMILES string of the molecule is C=CC(=O)Nc1ccnc(Sc2c(C)nc(N3CCNCC3)nc2C)n1. The first-order valence-electron chi connectivity index (χ1n) is 8.32. The van der Waals surface area contributed by atoms with Gasteiger partial charge in [0.1, 0.15) is 5.82 Å². The van der Waals surface area contributed by atoms with Crippen molar-refractivity contribution >= 4 is 29.4 Å². The van der Waals surface area contributed by atoms with E-state index in [4.69, 9.17) is 0 Å². The van der Waals surface area contributed by atoms with Crippen LogP contribution in [0.2, 0.25) is 0 Å². The first kappa shape index (κ1) is 18.3. The summed E-state index contributed by atoms with van der Waals surface area (Å²) in [4.78, 5) is 32.5. The van der Waals surface area contributed by atoms with Gasteiger partial charge in [-0.1, -0.05) is 6.58 Å². The van der Waals surface area contributed by atoms with Gasteiger partial charge in [-0.3, -0.25) is 4.79 Å². The highest BCUT2D eigenvalue weighted by atomic mass is 32.2. The van der Waals surface area contributed by atoms with Crippen LogP contribution in [-0.2, 0) is 4.79 Å². The third kappa shape index (κ3) is 4.36. The summed E-state index contributed by atoms with van der Waals surface area (Å²) in [6.07, 6.45) is 2.81. The summed E-state index contributed by atoms with van der Waals surface area (Å²) in [6, 6.07) is 1.63.